The number of carbonyl (C=O) groups is 3. The summed E-state index contributed by atoms with van der Waals surface area (Å²) in [6.45, 7) is 14.5. The summed E-state index contributed by atoms with van der Waals surface area (Å²) in [4.78, 5) is 52.9. The molecule has 0 spiro atoms. The van der Waals surface area contributed by atoms with Crippen LogP contribution in [0.2, 0.25) is 0 Å². The summed E-state index contributed by atoms with van der Waals surface area (Å²) in [6, 6.07) is 3.56. The number of rotatable bonds is 11. The van der Waals surface area contributed by atoms with Crippen LogP contribution in [-0.2, 0) is 44.6 Å². The van der Waals surface area contributed by atoms with Crippen LogP contribution in [0.15, 0.2) is 24.7 Å². The number of pyridine rings is 1. The molecule has 0 aliphatic carbocycles. The first-order valence-electron chi connectivity index (χ1n) is 19.5. The SMILES string of the molecule is CC[C@H]1OC(=O)[C@H](C)C(=O)[C@H](C)[C@@H](O[C@@H]2O[C@H](C)C[C@H](N(C)C)[C@H]2O)[C@@](C)(OC)C[C@@H](C)C(=O)[C@H](C)C(OCCCCn2cnc3ncccc32)[C@]1(C)O. The van der Waals surface area contributed by atoms with Gasteiger partial charge in [-0.1, -0.05) is 27.7 Å². The summed E-state index contributed by atoms with van der Waals surface area (Å²) in [5, 5.41) is 23.5. The van der Waals surface area contributed by atoms with E-state index in [9.17, 15) is 24.6 Å². The van der Waals surface area contributed by atoms with Crippen LogP contribution >= 0.6 is 0 Å². The number of likely N-dealkylation sites (N-methyl/N-ethyl adjacent to an activating group) is 1. The predicted molar refractivity (Wildman–Crippen MR) is 201 cm³/mol. The number of aryl methyl sites for hydroxylation is 1. The molecule has 2 N–H and O–H groups in total. The van der Waals surface area contributed by atoms with Crippen molar-refractivity contribution < 1.29 is 48.3 Å². The zero-order valence-corrected chi connectivity index (χ0v) is 34.1. The highest BCUT2D eigenvalue weighted by Gasteiger charge is 2.52. The molecular formula is C40H64N4O10. The number of unbranched alkanes of at least 4 members (excludes halogenated alkanes) is 1. The summed E-state index contributed by atoms with van der Waals surface area (Å²) in [7, 11) is 5.23. The number of nitrogens with zero attached hydrogens (tertiary/aromatic N) is 4. The number of hydrogen-bond donors (Lipinski definition) is 2. The number of esters is 1. The highest BCUT2D eigenvalue weighted by atomic mass is 16.7. The average molecular weight is 761 g/mol. The Morgan fingerprint density at radius 3 is 2.35 bits per heavy atom. The van der Waals surface area contributed by atoms with Gasteiger partial charge in [0, 0.05) is 50.3 Å². The molecule has 0 bridgehead atoms. The second-order valence-corrected chi connectivity index (χ2v) is 16.2. The number of hydrogen-bond acceptors (Lipinski definition) is 13. The molecule has 2 fully saturated rings. The Labute approximate surface area is 320 Å². The normalized spacial score (nSPS) is 37.7. The lowest BCUT2D eigenvalue weighted by Gasteiger charge is -2.47. The third-order valence-corrected chi connectivity index (χ3v) is 11.8. The molecule has 2 aliphatic heterocycles. The van der Waals surface area contributed by atoms with E-state index in [2.05, 4.69) is 9.97 Å². The maximum atomic E-state index is 14.4. The molecule has 0 aromatic carbocycles. The van der Waals surface area contributed by atoms with E-state index in [1.807, 2.05) is 42.6 Å². The summed E-state index contributed by atoms with van der Waals surface area (Å²) in [6.07, 6.45) is 0.158. The second kappa shape index (κ2) is 18.4. The van der Waals surface area contributed by atoms with Crippen LogP contribution in [0, 0.1) is 23.7 Å². The first kappa shape index (κ1) is 43.9. The molecule has 4 heterocycles. The minimum absolute atomic E-state index is 0.128. The van der Waals surface area contributed by atoms with E-state index in [1.165, 1.54) is 21.0 Å². The number of methoxy groups -OCH3 is 1. The average Bonchev–Trinajstić information content (AvgIpc) is 3.55. The number of aliphatic hydroxyl groups excluding tert-OH is 1. The molecule has 1 unspecified atom stereocenters. The van der Waals surface area contributed by atoms with E-state index in [-0.39, 0.29) is 37.4 Å². The quantitative estimate of drug-likeness (QED) is 0.192. The molecule has 4 rings (SSSR count). The predicted octanol–water partition coefficient (Wildman–Crippen LogP) is 3.97. The van der Waals surface area contributed by atoms with Crippen LogP contribution in [0.4, 0.5) is 0 Å². The summed E-state index contributed by atoms with van der Waals surface area (Å²) >= 11 is 0. The van der Waals surface area contributed by atoms with Gasteiger partial charge in [0.1, 0.15) is 29.5 Å². The number of ether oxygens (including phenoxy) is 5. The Hall–Kier alpha value is -2.85. The lowest BCUT2D eigenvalue weighted by molar-refractivity contribution is -0.295. The van der Waals surface area contributed by atoms with E-state index in [0.29, 0.717) is 25.0 Å². The van der Waals surface area contributed by atoms with Crippen LogP contribution < -0.4 is 0 Å². The van der Waals surface area contributed by atoms with Gasteiger partial charge in [-0.2, -0.15) is 0 Å². The number of imidazole rings is 1. The minimum atomic E-state index is -1.78. The first-order valence-corrected chi connectivity index (χ1v) is 19.5. The van der Waals surface area contributed by atoms with Crippen molar-refractivity contribution in [3.63, 3.8) is 0 Å². The maximum Gasteiger partial charge on any atom is 0.316 e. The first-order chi connectivity index (χ1) is 25.4. The van der Waals surface area contributed by atoms with Gasteiger partial charge in [-0.15, -0.1) is 0 Å². The molecule has 0 radical (unpaired) electrons. The van der Waals surface area contributed by atoms with Crippen molar-refractivity contribution in [3.8, 4) is 0 Å². The molecule has 2 aliphatic rings. The van der Waals surface area contributed by atoms with Crippen LogP contribution in [0.3, 0.4) is 0 Å². The van der Waals surface area contributed by atoms with E-state index < -0.39 is 77.3 Å². The van der Waals surface area contributed by atoms with Gasteiger partial charge in [-0.05, 0) is 86.0 Å². The highest BCUT2D eigenvalue weighted by Crippen LogP contribution is 2.39. The molecule has 2 aromatic rings. The Bertz CT molecular complexity index is 1570. The Morgan fingerprint density at radius 2 is 1.70 bits per heavy atom. The summed E-state index contributed by atoms with van der Waals surface area (Å²) < 4.78 is 33.2. The Kier molecular flexibility index (Phi) is 14.9. The molecule has 2 saturated heterocycles. The number of aliphatic hydroxyl groups is 2. The number of fused-ring (bicyclic) bond motifs is 1. The molecular weight excluding hydrogens is 696 g/mol. The maximum absolute atomic E-state index is 14.4. The molecule has 0 amide bonds. The molecule has 2 aromatic heterocycles. The molecule has 14 heteroatoms. The summed E-state index contributed by atoms with van der Waals surface area (Å²) in [5.74, 6) is -5.11. The van der Waals surface area contributed by atoms with Crippen molar-refractivity contribution in [2.45, 2.75) is 148 Å². The Morgan fingerprint density at radius 1 is 1.02 bits per heavy atom. The summed E-state index contributed by atoms with van der Waals surface area (Å²) in [5.41, 5.74) is -1.44. The molecule has 0 saturated carbocycles. The number of ketones is 2. The number of carbonyl (C=O) groups excluding carboxylic acids is 3. The van der Waals surface area contributed by atoms with Crippen molar-refractivity contribution in [2.75, 3.05) is 27.8 Å². The van der Waals surface area contributed by atoms with Gasteiger partial charge in [0.15, 0.2) is 17.7 Å². The van der Waals surface area contributed by atoms with Gasteiger partial charge in [-0.3, -0.25) is 14.4 Å². The van der Waals surface area contributed by atoms with Gasteiger partial charge in [0.05, 0.1) is 35.8 Å². The zero-order chi connectivity index (χ0) is 40.1. The van der Waals surface area contributed by atoms with Crippen molar-refractivity contribution in [1.82, 2.24) is 19.4 Å². The van der Waals surface area contributed by atoms with Crippen molar-refractivity contribution in [1.29, 1.82) is 0 Å². The van der Waals surface area contributed by atoms with E-state index in [1.54, 1.807) is 47.1 Å². The Balaban J connectivity index is 1.63. The van der Waals surface area contributed by atoms with Crippen LogP contribution in [0.5, 0.6) is 0 Å². The third-order valence-electron chi connectivity index (χ3n) is 11.8. The number of aromatic nitrogens is 3. The lowest BCUT2D eigenvalue weighted by atomic mass is 9.74. The number of cyclic esters (lactones) is 1. The fourth-order valence-electron chi connectivity index (χ4n) is 8.40. The molecule has 13 atom stereocenters. The molecule has 14 nitrogen and oxygen atoms in total. The molecule has 54 heavy (non-hydrogen) atoms. The van der Waals surface area contributed by atoms with Gasteiger partial charge in [-0.25, -0.2) is 9.97 Å². The van der Waals surface area contributed by atoms with Crippen molar-refractivity contribution in [2.24, 2.45) is 23.7 Å². The van der Waals surface area contributed by atoms with Gasteiger partial charge in [0.25, 0.3) is 0 Å². The highest BCUT2D eigenvalue weighted by molar-refractivity contribution is 6.00. The van der Waals surface area contributed by atoms with E-state index in [0.717, 1.165) is 11.9 Å². The minimum Gasteiger partial charge on any atom is -0.459 e. The lowest BCUT2D eigenvalue weighted by Crippen LogP contribution is -2.60. The standard InChI is InChI=1S/C40H64N4O10/c1-12-30-40(8,49)35(51-19-14-13-18-44-22-42-36-28(44)16-15-17-41-36)25(4)31(45)23(2)21-39(7,50-11)34(26(5)32(46)27(6)37(48)53-30)54-38-33(47)29(43(9)10)20-24(3)52-38/h15-17,22-27,29-30,33-35,38,47,49H,12-14,18-21H2,1-11H3/t23-,24-,25+,26+,27-,29+,30-,33-,34-,35?,38+,39+,40-/m1/s1. The van der Waals surface area contributed by atoms with Crippen LogP contribution in [0.25, 0.3) is 11.2 Å². The monoisotopic (exact) mass is 760 g/mol. The zero-order valence-electron chi connectivity index (χ0n) is 34.1. The van der Waals surface area contributed by atoms with Crippen molar-refractivity contribution >= 4 is 28.7 Å². The van der Waals surface area contributed by atoms with Gasteiger partial charge in [0.2, 0.25) is 0 Å². The van der Waals surface area contributed by atoms with Gasteiger partial charge < -0.3 is 43.4 Å². The van der Waals surface area contributed by atoms with E-state index in [4.69, 9.17) is 23.7 Å². The van der Waals surface area contributed by atoms with E-state index >= 15 is 0 Å². The topological polar surface area (TPSA) is 172 Å². The smallest absolute Gasteiger partial charge is 0.316 e. The van der Waals surface area contributed by atoms with Crippen LogP contribution in [-0.4, -0.2) is 129 Å². The fraction of sp³-hybridized carbons (Fsp3) is 0.775. The largest absolute Gasteiger partial charge is 0.459 e. The second-order valence-electron chi connectivity index (χ2n) is 16.2. The number of Topliss-reactive ketones (excluding diaryl/α,β-unsaturated/α-hetero) is 2. The molecule has 304 valence electrons. The van der Waals surface area contributed by atoms with Crippen molar-refractivity contribution in [3.05, 3.63) is 24.7 Å². The fourth-order valence-corrected chi connectivity index (χ4v) is 8.40. The van der Waals surface area contributed by atoms with Crippen LogP contribution in [0.1, 0.15) is 87.5 Å². The van der Waals surface area contributed by atoms with Gasteiger partial charge >= 0.3 is 5.97 Å². The third kappa shape index (κ3) is 9.56.